The Morgan fingerprint density at radius 1 is 1.42 bits per heavy atom. The molecule has 1 saturated heterocycles. The van der Waals surface area contributed by atoms with Gasteiger partial charge in [-0.15, -0.1) is 0 Å². The van der Waals surface area contributed by atoms with Gasteiger partial charge in [-0.3, -0.25) is 0 Å². The molecule has 0 aromatic heterocycles. The minimum atomic E-state index is -0.185. The third-order valence-corrected chi connectivity index (χ3v) is 4.20. The lowest BCUT2D eigenvalue weighted by molar-refractivity contribution is 0.0983. The van der Waals surface area contributed by atoms with Gasteiger partial charge in [0.1, 0.15) is 0 Å². The molecule has 2 rings (SSSR count). The highest BCUT2D eigenvalue weighted by Gasteiger charge is 2.23. The average Bonchev–Trinajstić information content (AvgIpc) is 2.42. The minimum Gasteiger partial charge on any atom is -0.450 e. The number of likely N-dealkylation sites (tertiary alicyclic amines) is 1. The van der Waals surface area contributed by atoms with E-state index in [1.54, 1.807) is 4.90 Å². The molecule has 1 aliphatic heterocycles. The first-order valence-electron chi connectivity index (χ1n) is 6.63. The number of anilines is 1. The molecule has 1 amide bonds. The smallest absolute Gasteiger partial charge is 0.409 e. The van der Waals surface area contributed by atoms with Crippen LogP contribution in [0.1, 0.15) is 19.8 Å². The van der Waals surface area contributed by atoms with Crippen LogP contribution >= 0.6 is 22.6 Å². The molecular formula is C14H19IN2O2. The van der Waals surface area contributed by atoms with Crippen LogP contribution in [-0.2, 0) is 4.74 Å². The maximum absolute atomic E-state index is 11.6. The van der Waals surface area contributed by atoms with Gasteiger partial charge in [0, 0.05) is 28.4 Å². The Bertz CT molecular complexity index is 431. The lowest BCUT2D eigenvalue weighted by atomic mass is 10.1. The Labute approximate surface area is 127 Å². The van der Waals surface area contributed by atoms with Gasteiger partial charge >= 0.3 is 6.09 Å². The number of para-hydroxylation sites is 1. The normalized spacial score (nSPS) is 16.2. The molecule has 5 heteroatoms. The highest BCUT2D eigenvalue weighted by atomic mass is 127. The summed E-state index contributed by atoms with van der Waals surface area (Å²) in [4.78, 5) is 13.4. The summed E-state index contributed by atoms with van der Waals surface area (Å²) >= 11 is 2.34. The molecule has 104 valence electrons. The van der Waals surface area contributed by atoms with Gasteiger partial charge in [-0.05, 0) is 54.5 Å². The molecule has 1 heterocycles. The Morgan fingerprint density at radius 3 is 2.74 bits per heavy atom. The maximum Gasteiger partial charge on any atom is 0.409 e. The van der Waals surface area contributed by atoms with E-state index in [0.29, 0.717) is 12.6 Å². The van der Waals surface area contributed by atoms with Crippen molar-refractivity contribution in [2.45, 2.75) is 25.8 Å². The van der Waals surface area contributed by atoms with Crippen LogP contribution in [0.5, 0.6) is 0 Å². The van der Waals surface area contributed by atoms with E-state index in [2.05, 4.69) is 40.0 Å². The fourth-order valence-corrected chi connectivity index (χ4v) is 2.76. The molecule has 1 aromatic carbocycles. The van der Waals surface area contributed by atoms with Crippen LogP contribution in [0.15, 0.2) is 24.3 Å². The van der Waals surface area contributed by atoms with Gasteiger partial charge in [-0.25, -0.2) is 4.79 Å². The van der Waals surface area contributed by atoms with Gasteiger partial charge in [-0.1, -0.05) is 12.1 Å². The van der Waals surface area contributed by atoms with Crippen LogP contribution < -0.4 is 5.32 Å². The summed E-state index contributed by atoms with van der Waals surface area (Å²) in [6.45, 7) is 3.81. The van der Waals surface area contributed by atoms with E-state index in [0.717, 1.165) is 25.9 Å². The van der Waals surface area contributed by atoms with Gasteiger partial charge in [0.2, 0.25) is 0 Å². The van der Waals surface area contributed by atoms with Crippen molar-refractivity contribution in [1.82, 2.24) is 4.90 Å². The quantitative estimate of drug-likeness (QED) is 0.826. The molecule has 1 aliphatic rings. The first kappa shape index (κ1) is 14.4. The number of piperidine rings is 1. The van der Waals surface area contributed by atoms with Gasteiger partial charge in [0.05, 0.1) is 6.61 Å². The summed E-state index contributed by atoms with van der Waals surface area (Å²) in [5.74, 6) is 0. The van der Waals surface area contributed by atoms with Gasteiger partial charge in [0.25, 0.3) is 0 Å². The SMILES string of the molecule is CCOC(=O)N1CCC(Nc2ccccc2I)CC1. The van der Waals surface area contributed by atoms with E-state index in [9.17, 15) is 4.79 Å². The highest BCUT2D eigenvalue weighted by Crippen LogP contribution is 2.21. The highest BCUT2D eigenvalue weighted by molar-refractivity contribution is 14.1. The molecule has 1 N–H and O–H groups in total. The molecule has 1 aromatic rings. The molecular weight excluding hydrogens is 355 g/mol. The summed E-state index contributed by atoms with van der Waals surface area (Å²) in [5, 5.41) is 3.55. The van der Waals surface area contributed by atoms with Crippen molar-refractivity contribution < 1.29 is 9.53 Å². The molecule has 0 unspecified atom stereocenters. The predicted molar refractivity (Wildman–Crippen MR) is 84.4 cm³/mol. The molecule has 19 heavy (non-hydrogen) atoms. The van der Waals surface area contributed by atoms with E-state index in [1.807, 2.05) is 19.1 Å². The monoisotopic (exact) mass is 374 g/mol. The first-order chi connectivity index (χ1) is 9.20. The zero-order valence-corrected chi connectivity index (χ0v) is 13.2. The second kappa shape index (κ2) is 6.98. The third kappa shape index (κ3) is 3.99. The number of ether oxygens (including phenoxy) is 1. The summed E-state index contributed by atoms with van der Waals surface area (Å²) in [6, 6.07) is 8.70. The van der Waals surface area contributed by atoms with Crippen molar-refractivity contribution in [3.8, 4) is 0 Å². The number of nitrogens with zero attached hydrogens (tertiary/aromatic N) is 1. The number of benzene rings is 1. The number of hydrogen-bond donors (Lipinski definition) is 1. The van der Waals surface area contributed by atoms with E-state index >= 15 is 0 Å². The summed E-state index contributed by atoms with van der Waals surface area (Å²) < 4.78 is 6.25. The van der Waals surface area contributed by atoms with E-state index in [1.165, 1.54) is 9.26 Å². The molecule has 0 spiro atoms. The first-order valence-corrected chi connectivity index (χ1v) is 7.71. The third-order valence-electron chi connectivity index (χ3n) is 3.25. The van der Waals surface area contributed by atoms with Crippen molar-refractivity contribution in [2.24, 2.45) is 0 Å². The molecule has 1 fully saturated rings. The van der Waals surface area contributed by atoms with E-state index < -0.39 is 0 Å². The number of carbonyl (C=O) groups excluding carboxylic acids is 1. The maximum atomic E-state index is 11.6. The van der Waals surface area contributed by atoms with Crippen LogP contribution in [0, 0.1) is 3.57 Å². The van der Waals surface area contributed by atoms with E-state index in [-0.39, 0.29) is 6.09 Å². The van der Waals surface area contributed by atoms with Crippen LogP contribution in [0.2, 0.25) is 0 Å². The number of rotatable bonds is 3. The average molecular weight is 374 g/mol. The Balaban J connectivity index is 1.84. The van der Waals surface area contributed by atoms with Crippen molar-refractivity contribution >= 4 is 34.4 Å². The number of carbonyl (C=O) groups is 1. The molecule has 0 atom stereocenters. The standard InChI is InChI=1S/C14H19IN2O2/c1-2-19-14(18)17-9-7-11(8-10-17)16-13-6-4-3-5-12(13)15/h3-6,11,16H,2,7-10H2,1H3. The summed E-state index contributed by atoms with van der Waals surface area (Å²) in [5.41, 5.74) is 1.18. The number of hydrogen-bond acceptors (Lipinski definition) is 3. The zero-order chi connectivity index (χ0) is 13.7. The summed E-state index contributed by atoms with van der Waals surface area (Å²) in [7, 11) is 0. The Kier molecular flexibility index (Phi) is 5.30. The van der Waals surface area contributed by atoms with E-state index in [4.69, 9.17) is 4.74 Å². The molecule has 0 saturated carbocycles. The lowest BCUT2D eigenvalue weighted by Gasteiger charge is -2.32. The lowest BCUT2D eigenvalue weighted by Crippen LogP contribution is -2.42. The Morgan fingerprint density at radius 2 is 2.11 bits per heavy atom. The second-order valence-corrected chi connectivity index (χ2v) is 5.75. The van der Waals surface area contributed by atoms with Crippen LogP contribution in [0.3, 0.4) is 0 Å². The fourth-order valence-electron chi connectivity index (χ4n) is 2.22. The fraction of sp³-hybridized carbons (Fsp3) is 0.500. The van der Waals surface area contributed by atoms with Crippen LogP contribution in [0.4, 0.5) is 10.5 Å². The summed E-state index contributed by atoms with van der Waals surface area (Å²) in [6.07, 6.45) is 1.74. The topological polar surface area (TPSA) is 41.6 Å². The second-order valence-electron chi connectivity index (χ2n) is 4.58. The van der Waals surface area contributed by atoms with Crippen molar-refractivity contribution in [3.63, 3.8) is 0 Å². The van der Waals surface area contributed by atoms with Crippen molar-refractivity contribution in [3.05, 3.63) is 27.8 Å². The number of halogens is 1. The Hall–Kier alpha value is -0.980. The number of nitrogens with one attached hydrogen (secondary N) is 1. The van der Waals surface area contributed by atoms with Gasteiger partial charge in [-0.2, -0.15) is 0 Å². The van der Waals surface area contributed by atoms with Crippen LogP contribution in [0.25, 0.3) is 0 Å². The molecule has 0 radical (unpaired) electrons. The molecule has 0 aliphatic carbocycles. The molecule has 4 nitrogen and oxygen atoms in total. The van der Waals surface area contributed by atoms with Gasteiger partial charge in [0.15, 0.2) is 0 Å². The van der Waals surface area contributed by atoms with Crippen molar-refractivity contribution in [2.75, 3.05) is 25.0 Å². The zero-order valence-electron chi connectivity index (χ0n) is 11.1. The largest absolute Gasteiger partial charge is 0.450 e. The minimum absolute atomic E-state index is 0.185. The number of amides is 1. The molecule has 0 bridgehead atoms. The van der Waals surface area contributed by atoms with Gasteiger partial charge < -0.3 is 15.0 Å². The van der Waals surface area contributed by atoms with Crippen molar-refractivity contribution in [1.29, 1.82) is 0 Å². The van der Waals surface area contributed by atoms with Crippen LogP contribution in [-0.4, -0.2) is 36.7 Å². The predicted octanol–water partition coefficient (Wildman–Crippen LogP) is 3.32.